The third-order valence-electron chi connectivity index (χ3n) is 2.48. The molecule has 0 saturated carbocycles. The van der Waals surface area contributed by atoms with Crippen LogP contribution in [0.3, 0.4) is 0 Å². The predicted molar refractivity (Wildman–Crippen MR) is 97.9 cm³/mol. The van der Waals surface area contributed by atoms with Crippen molar-refractivity contribution in [3.05, 3.63) is 0 Å². The summed E-state index contributed by atoms with van der Waals surface area (Å²) < 4.78 is 11.8. The minimum absolute atomic E-state index is 0.0180. The van der Waals surface area contributed by atoms with Gasteiger partial charge in [0.25, 0.3) is 0 Å². The Balaban J connectivity index is 5.96. The van der Waals surface area contributed by atoms with Gasteiger partial charge in [-0.15, -0.1) is 0 Å². The van der Waals surface area contributed by atoms with Crippen LogP contribution in [0.25, 0.3) is 0 Å². The Bertz CT molecular complexity index is 446. The van der Waals surface area contributed by atoms with E-state index >= 15 is 0 Å². The second-order valence-electron chi connectivity index (χ2n) is 8.76. The Morgan fingerprint density at radius 3 is 0.952 bits per heavy atom. The summed E-state index contributed by atoms with van der Waals surface area (Å²) >= 11 is -3.03. The van der Waals surface area contributed by atoms with Crippen molar-refractivity contribution in [1.29, 1.82) is 0 Å². The molecular weight excluding hydrogens is 359 g/mol. The van der Waals surface area contributed by atoms with E-state index < -0.39 is 18.4 Å². The predicted octanol–water partition coefficient (Wildman–Crippen LogP) is 5.22. The van der Waals surface area contributed by atoms with Gasteiger partial charge in [0, 0.05) is 0 Å². The average Bonchev–Trinajstić information content (AvgIpc) is 2.25. The van der Waals surface area contributed by atoms with Gasteiger partial charge in [0.15, 0.2) is 0 Å². The van der Waals surface area contributed by atoms with Crippen LogP contribution < -0.4 is 0 Å². The molecule has 0 spiro atoms. The first-order chi connectivity index (χ1) is 9.18. The van der Waals surface area contributed by atoms with E-state index in [2.05, 4.69) is 98.8 Å². The van der Waals surface area contributed by atoms with Gasteiger partial charge >= 0.3 is 138 Å². The van der Waals surface area contributed by atoms with Crippen LogP contribution in [0.1, 0.15) is 69.2 Å². The second-order valence-corrected chi connectivity index (χ2v) is 18.1. The molecule has 0 rings (SSSR count). The molecule has 0 aromatic rings. The van der Waals surface area contributed by atoms with Gasteiger partial charge in [-0.05, 0) is 0 Å². The van der Waals surface area contributed by atoms with E-state index in [4.69, 9.17) is 0 Å². The Morgan fingerprint density at radius 1 is 0.571 bits per heavy atom. The number of rotatable bonds is 1. The Hall–Kier alpha value is -0.521. The molecule has 0 unspecified atom stereocenters. The van der Waals surface area contributed by atoms with E-state index in [1.165, 1.54) is 0 Å². The zero-order valence-electron chi connectivity index (χ0n) is 15.7. The van der Waals surface area contributed by atoms with E-state index in [-0.39, 0.29) is 16.2 Å². The average molecular weight is 391 g/mol. The molecule has 0 aliphatic carbocycles. The van der Waals surface area contributed by atoms with Crippen LogP contribution in [-0.4, -0.2) is 18.4 Å². The topological polar surface area (TPSA) is 0 Å². The second kappa shape index (κ2) is 7.16. The van der Waals surface area contributed by atoms with Gasteiger partial charge in [0.05, 0.1) is 0 Å². The Kier molecular flexibility index (Phi) is 6.98. The van der Waals surface area contributed by atoms with Gasteiger partial charge in [-0.3, -0.25) is 0 Å². The van der Waals surface area contributed by atoms with E-state index in [9.17, 15) is 0 Å². The normalized spacial score (nSPS) is 12.3. The van der Waals surface area contributed by atoms with Gasteiger partial charge in [-0.1, -0.05) is 0 Å². The van der Waals surface area contributed by atoms with Gasteiger partial charge in [0.2, 0.25) is 0 Å². The van der Waals surface area contributed by atoms with Crippen molar-refractivity contribution in [2.75, 3.05) is 0 Å². The molecule has 0 bridgehead atoms. The summed E-state index contributed by atoms with van der Waals surface area (Å²) in [4.78, 5) is 0. The molecular formula is C20H32Sn. The summed E-state index contributed by atoms with van der Waals surface area (Å²) in [6.07, 6.45) is 0. The number of hydrogen-bond donors (Lipinski definition) is 0. The molecule has 0 amide bonds. The molecule has 0 aliphatic heterocycles. The summed E-state index contributed by atoms with van der Waals surface area (Å²) in [6.45, 7) is 21.6. The van der Waals surface area contributed by atoms with E-state index in [1.807, 2.05) is 0 Å². The number of hydrogen-bond acceptors (Lipinski definition) is 0. The summed E-state index contributed by atoms with van der Waals surface area (Å²) in [5.74, 6) is 10.3. The van der Waals surface area contributed by atoms with Crippen molar-refractivity contribution in [3.8, 4) is 29.6 Å². The molecule has 0 N–H and O–H groups in total. The van der Waals surface area contributed by atoms with Gasteiger partial charge < -0.3 is 0 Å². The molecule has 116 valence electrons. The van der Waals surface area contributed by atoms with Crippen molar-refractivity contribution in [1.82, 2.24) is 0 Å². The first-order valence-electron chi connectivity index (χ1n) is 7.81. The molecule has 0 heterocycles. The Labute approximate surface area is 137 Å². The van der Waals surface area contributed by atoms with E-state index in [1.54, 1.807) is 0 Å². The molecule has 0 aromatic heterocycles. The summed E-state index contributed by atoms with van der Waals surface area (Å²) in [5.41, 5.74) is 0.0541. The van der Waals surface area contributed by atoms with Crippen molar-refractivity contribution < 1.29 is 0 Å². The third-order valence-corrected chi connectivity index (χ3v) is 10.2. The molecule has 0 saturated heterocycles. The van der Waals surface area contributed by atoms with Crippen molar-refractivity contribution >= 4 is 18.4 Å². The standard InChI is InChI=1S/3C6H9.C2H5.Sn/c3*1-5-6(2,3)4;1-2;/h3*2-4H3;1H2,2H3;. The monoisotopic (exact) mass is 392 g/mol. The van der Waals surface area contributed by atoms with Crippen LogP contribution in [0.5, 0.6) is 0 Å². The molecule has 1 heteroatoms. The van der Waals surface area contributed by atoms with Crippen LogP contribution in [0.15, 0.2) is 0 Å². The fourth-order valence-corrected chi connectivity index (χ4v) is 8.33. The summed E-state index contributed by atoms with van der Waals surface area (Å²) in [5, 5.41) is 0. The van der Waals surface area contributed by atoms with Crippen LogP contribution >= 0.6 is 0 Å². The first kappa shape index (κ1) is 20.5. The molecule has 0 fully saturated rings. The van der Waals surface area contributed by atoms with Crippen LogP contribution in [0, 0.1) is 45.8 Å². The molecule has 0 aromatic carbocycles. The van der Waals surface area contributed by atoms with E-state index in [0.29, 0.717) is 0 Å². The van der Waals surface area contributed by atoms with E-state index in [0.717, 1.165) is 4.44 Å². The van der Waals surface area contributed by atoms with Gasteiger partial charge in [-0.25, -0.2) is 0 Å². The van der Waals surface area contributed by atoms with Crippen molar-refractivity contribution in [2.45, 2.75) is 73.7 Å². The minimum atomic E-state index is -3.03. The maximum absolute atomic E-state index is 3.58. The molecule has 0 nitrogen and oxygen atoms in total. The van der Waals surface area contributed by atoms with Crippen LogP contribution in [0.2, 0.25) is 4.44 Å². The quantitative estimate of drug-likeness (QED) is 0.425. The molecule has 0 radical (unpaired) electrons. The zero-order chi connectivity index (χ0) is 16.9. The van der Waals surface area contributed by atoms with Crippen molar-refractivity contribution in [3.63, 3.8) is 0 Å². The molecule has 0 aliphatic rings. The zero-order valence-corrected chi connectivity index (χ0v) is 18.6. The summed E-state index contributed by atoms with van der Waals surface area (Å²) in [7, 11) is 0. The van der Waals surface area contributed by atoms with Gasteiger partial charge in [-0.2, -0.15) is 0 Å². The SMILES string of the molecule is C[CH2][Sn]([C]#CC(C)(C)C)([C]#CC(C)(C)C)[C]#CC(C)(C)C. The summed E-state index contributed by atoms with van der Waals surface area (Å²) in [6, 6.07) is 0. The molecule has 21 heavy (non-hydrogen) atoms. The fraction of sp³-hybridized carbons (Fsp3) is 0.700. The Morgan fingerprint density at radius 2 is 0.810 bits per heavy atom. The van der Waals surface area contributed by atoms with Crippen LogP contribution in [0.4, 0.5) is 0 Å². The van der Waals surface area contributed by atoms with Gasteiger partial charge in [0.1, 0.15) is 0 Å². The fourth-order valence-electron chi connectivity index (χ4n) is 1.24. The third kappa shape index (κ3) is 10.8. The van der Waals surface area contributed by atoms with Crippen LogP contribution in [-0.2, 0) is 0 Å². The van der Waals surface area contributed by atoms with Crippen molar-refractivity contribution in [2.24, 2.45) is 16.2 Å². The molecule has 0 atom stereocenters. The maximum atomic E-state index is 3.58. The first-order valence-corrected chi connectivity index (χ1v) is 14.1.